The van der Waals surface area contributed by atoms with Crippen molar-refractivity contribution < 1.29 is 14.4 Å². The lowest BCUT2D eigenvalue weighted by atomic mass is 9.94. The second kappa shape index (κ2) is 6.75. The van der Waals surface area contributed by atoms with Crippen molar-refractivity contribution in [3.05, 3.63) is 71.3 Å². The van der Waals surface area contributed by atoms with Crippen LogP contribution in [0.1, 0.15) is 51.6 Å². The monoisotopic (exact) mass is 348 g/mol. The van der Waals surface area contributed by atoms with E-state index in [0.29, 0.717) is 24.0 Å². The highest BCUT2D eigenvalue weighted by atomic mass is 16.2. The molecule has 1 saturated heterocycles. The molecule has 0 spiro atoms. The van der Waals surface area contributed by atoms with Crippen LogP contribution in [0.5, 0.6) is 0 Å². The lowest BCUT2D eigenvalue weighted by Crippen LogP contribution is -2.45. The molecular formula is C21H20N2O3. The first-order valence-electron chi connectivity index (χ1n) is 8.96. The molecule has 5 heteroatoms. The topological polar surface area (TPSA) is 57.7 Å². The van der Waals surface area contributed by atoms with Crippen LogP contribution >= 0.6 is 0 Å². The number of benzene rings is 2. The van der Waals surface area contributed by atoms with Crippen LogP contribution < -0.4 is 0 Å². The van der Waals surface area contributed by atoms with E-state index < -0.39 is 0 Å². The van der Waals surface area contributed by atoms with Crippen molar-refractivity contribution in [2.75, 3.05) is 13.1 Å². The number of hydrogen-bond acceptors (Lipinski definition) is 3. The molecule has 0 radical (unpaired) electrons. The van der Waals surface area contributed by atoms with Gasteiger partial charge < -0.3 is 4.90 Å². The summed E-state index contributed by atoms with van der Waals surface area (Å²) >= 11 is 0. The molecule has 0 bridgehead atoms. The number of amides is 3. The van der Waals surface area contributed by atoms with Gasteiger partial charge in [-0.05, 0) is 30.5 Å². The summed E-state index contributed by atoms with van der Waals surface area (Å²) in [5, 5.41) is 0. The van der Waals surface area contributed by atoms with E-state index in [2.05, 4.69) is 0 Å². The van der Waals surface area contributed by atoms with Gasteiger partial charge in [-0.15, -0.1) is 0 Å². The van der Waals surface area contributed by atoms with Crippen LogP contribution in [0.4, 0.5) is 0 Å². The number of hydrogen-bond donors (Lipinski definition) is 0. The Bertz CT molecular complexity index is 828. The van der Waals surface area contributed by atoms with E-state index in [9.17, 15) is 14.4 Å². The number of likely N-dealkylation sites (tertiary alicyclic amines) is 1. The first kappa shape index (κ1) is 16.5. The molecule has 0 aromatic heterocycles. The van der Waals surface area contributed by atoms with Crippen molar-refractivity contribution in [3.63, 3.8) is 0 Å². The molecule has 4 rings (SSSR count). The molecule has 2 aliphatic rings. The standard InChI is InChI=1S/C21H20N2O3/c24-19(22-14-12-18(22)15-7-2-1-3-8-15)11-6-13-23-20(25)16-9-4-5-10-17(16)21(23)26/h1-5,7-10,18H,6,11-14H2/t18-/m0/s1. The second-order valence-electron chi connectivity index (χ2n) is 6.71. The third-order valence-electron chi connectivity index (χ3n) is 5.17. The molecule has 0 unspecified atom stereocenters. The van der Waals surface area contributed by atoms with Gasteiger partial charge in [-0.2, -0.15) is 0 Å². The number of carbonyl (C=O) groups excluding carboxylic acids is 3. The molecule has 0 aliphatic carbocycles. The molecular weight excluding hydrogens is 328 g/mol. The van der Waals surface area contributed by atoms with Gasteiger partial charge >= 0.3 is 0 Å². The minimum atomic E-state index is -0.260. The smallest absolute Gasteiger partial charge is 0.261 e. The van der Waals surface area contributed by atoms with Crippen LogP contribution in [0.3, 0.4) is 0 Å². The summed E-state index contributed by atoms with van der Waals surface area (Å²) < 4.78 is 0. The van der Waals surface area contributed by atoms with Crippen LogP contribution in [0, 0.1) is 0 Å². The second-order valence-corrected chi connectivity index (χ2v) is 6.71. The molecule has 0 saturated carbocycles. The molecule has 2 aromatic rings. The van der Waals surface area contributed by atoms with Gasteiger partial charge in [-0.3, -0.25) is 19.3 Å². The molecule has 5 nitrogen and oxygen atoms in total. The molecule has 132 valence electrons. The Morgan fingerprint density at radius 1 is 0.923 bits per heavy atom. The summed E-state index contributed by atoms with van der Waals surface area (Å²) in [6.45, 7) is 1.05. The Hall–Kier alpha value is -2.95. The van der Waals surface area contributed by atoms with Crippen LogP contribution in [0.25, 0.3) is 0 Å². The van der Waals surface area contributed by atoms with E-state index in [1.807, 2.05) is 35.2 Å². The Morgan fingerprint density at radius 3 is 2.12 bits per heavy atom. The van der Waals surface area contributed by atoms with Crippen molar-refractivity contribution in [3.8, 4) is 0 Å². The van der Waals surface area contributed by atoms with Crippen molar-refractivity contribution in [1.82, 2.24) is 9.80 Å². The highest BCUT2D eigenvalue weighted by molar-refractivity contribution is 6.21. The van der Waals surface area contributed by atoms with E-state index in [0.717, 1.165) is 18.5 Å². The fourth-order valence-electron chi connectivity index (χ4n) is 3.68. The predicted octanol–water partition coefficient (Wildman–Crippen LogP) is 3.04. The van der Waals surface area contributed by atoms with Crippen molar-refractivity contribution in [2.45, 2.75) is 25.3 Å². The van der Waals surface area contributed by atoms with Gasteiger partial charge in [0.25, 0.3) is 11.8 Å². The molecule has 2 heterocycles. The predicted molar refractivity (Wildman–Crippen MR) is 96.6 cm³/mol. The van der Waals surface area contributed by atoms with Crippen molar-refractivity contribution >= 4 is 17.7 Å². The zero-order valence-corrected chi connectivity index (χ0v) is 14.4. The van der Waals surface area contributed by atoms with Gasteiger partial charge in [-0.25, -0.2) is 0 Å². The molecule has 0 N–H and O–H groups in total. The quantitative estimate of drug-likeness (QED) is 0.781. The summed E-state index contributed by atoms with van der Waals surface area (Å²) in [5.74, 6) is -0.435. The minimum Gasteiger partial charge on any atom is -0.336 e. The molecule has 2 aromatic carbocycles. The van der Waals surface area contributed by atoms with Crippen LogP contribution in [-0.4, -0.2) is 40.6 Å². The van der Waals surface area contributed by atoms with Crippen LogP contribution in [0.15, 0.2) is 54.6 Å². The zero-order chi connectivity index (χ0) is 18.1. The van der Waals surface area contributed by atoms with Gasteiger partial charge in [0.2, 0.25) is 5.91 Å². The fourth-order valence-corrected chi connectivity index (χ4v) is 3.68. The first-order valence-corrected chi connectivity index (χ1v) is 8.96. The summed E-state index contributed by atoms with van der Waals surface area (Å²) in [6.07, 6.45) is 1.81. The third-order valence-corrected chi connectivity index (χ3v) is 5.17. The van der Waals surface area contributed by atoms with E-state index in [1.54, 1.807) is 24.3 Å². The number of carbonyl (C=O) groups is 3. The molecule has 1 fully saturated rings. The molecule has 1 atom stereocenters. The van der Waals surface area contributed by atoms with Gasteiger partial charge in [0.1, 0.15) is 0 Å². The average Bonchev–Trinajstić information content (AvgIpc) is 2.87. The van der Waals surface area contributed by atoms with E-state index in [1.165, 1.54) is 4.90 Å². The fraction of sp³-hybridized carbons (Fsp3) is 0.286. The zero-order valence-electron chi connectivity index (χ0n) is 14.4. The third kappa shape index (κ3) is 2.79. The van der Waals surface area contributed by atoms with E-state index in [4.69, 9.17) is 0 Å². The largest absolute Gasteiger partial charge is 0.336 e. The number of nitrogens with zero attached hydrogens (tertiary/aromatic N) is 2. The van der Waals surface area contributed by atoms with Crippen molar-refractivity contribution in [1.29, 1.82) is 0 Å². The van der Waals surface area contributed by atoms with Gasteiger partial charge in [-0.1, -0.05) is 42.5 Å². The highest BCUT2D eigenvalue weighted by Crippen LogP contribution is 2.33. The normalized spacial score (nSPS) is 18.7. The average molecular weight is 348 g/mol. The minimum absolute atomic E-state index is 0.0849. The first-order chi connectivity index (χ1) is 12.7. The molecule has 2 aliphatic heterocycles. The van der Waals surface area contributed by atoms with Crippen LogP contribution in [0.2, 0.25) is 0 Å². The number of fused-ring (bicyclic) bond motifs is 1. The maximum absolute atomic E-state index is 12.5. The SMILES string of the molecule is O=C1c2ccccc2C(=O)N1CCCC(=O)N1CC[C@H]1c1ccccc1. The van der Waals surface area contributed by atoms with E-state index in [-0.39, 0.29) is 30.3 Å². The summed E-state index contributed by atoms with van der Waals surface area (Å²) in [7, 11) is 0. The Balaban J connectivity index is 1.32. The maximum atomic E-state index is 12.5. The summed E-state index contributed by atoms with van der Waals surface area (Å²) in [4.78, 5) is 40.3. The highest BCUT2D eigenvalue weighted by Gasteiger charge is 2.36. The van der Waals surface area contributed by atoms with Gasteiger partial charge in [0.15, 0.2) is 0 Å². The summed E-state index contributed by atoms with van der Waals surface area (Å²) in [5.41, 5.74) is 2.07. The van der Waals surface area contributed by atoms with Gasteiger partial charge in [0, 0.05) is 19.5 Å². The lowest BCUT2D eigenvalue weighted by molar-refractivity contribution is -0.139. The maximum Gasteiger partial charge on any atom is 0.261 e. The number of rotatable bonds is 5. The van der Waals surface area contributed by atoms with E-state index >= 15 is 0 Å². The Kier molecular flexibility index (Phi) is 4.29. The Labute approximate surface area is 152 Å². The lowest BCUT2D eigenvalue weighted by Gasteiger charge is -2.41. The Morgan fingerprint density at radius 2 is 1.54 bits per heavy atom. The van der Waals surface area contributed by atoms with Gasteiger partial charge in [0.05, 0.1) is 17.2 Å². The summed E-state index contributed by atoms with van der Waals surface area (Å²) in [6, 6.07) is 17.0. The van der Waals surface area contributed by atoms with Crippen LogP contribution in [-0.2, 0) is 4.79 Å². The molecule has 26 heavy (non-hydrogen) atoms. The van der Waals surface area contributed by atoms with Crippen molar-refractivity contribution in [2.24, 2.45) is 0 Å². The number of imide groups is 1. The molecule has 3 amide bonds.